The Balaban J connectivity index is 1.77. The molecule has 1 aromatic heterocycles. The lowest BCUT2D eigenvalue weighted by Gasteiger charge is -2.13. The van der Waals surface area contributed by atoms with Gasteiger partial charge >= 0.3 is 0 Å². The molecule has 4 N–H and O–H groups in total. The van der Waals surface area contributed by atoms with E-state index in [2.05, 4.69) is 26.6 Å². The number of carbonyl (C=O) groups is 1. The van der Waals surface area contributed by atoms with Crippen molar-refractivity contribution in [2.75, 3.05) is 16.4 Å². The molecule has 1 amide bonds. The maximum absolute atomic E-state index is 11.6. The number of carbonyl (C=O) groups excluding carboxylic acids is 1. The summed E-state index contributed by atoms with van der Waals surface area (Å²) in [6.07, 6.45) is 0. The minimum Gasteiger partial charge on any atom is -0.456 e. The summed E-state index contributed by atoms with van der Waals surface area (Å²) in [6.45, 7) is 1.48. The second-order valence-corrected chi connectivity index (χ2v) is 7.40. The minimum absolute atomic E-state index is 0.143. The summed E-state index contributed by atoms with van der Waals surface area (Å²) in [7, 11) is 0. The van der Waals surface area contributed by atoms with Crippen LogP contribution in [0.1, 0.15) is 6.92 Å². The first kappa shape index (κ1) is 18.1. The smallest absolute Gasteiger partial charge is 0.221 e. The van der Waals surface area contributed by atoms with E-state index in [1.807, 2.05) is 66.7 Å². The van der Waals surface area contributed by atoms with E-state index in [1.165, 1.54) is 6.92 Å². The van der Waals surface area contributed by atoms with Crippen LogP contribution < -0.4 is 16.4 Å². The summed E-state index contributed by atoms with van der Waals surface area (Å²) >= 11 is 3.41. The molecule has 0 saturated heterocycles. The number of nitrogens with one attached hydrogen (secondary N) is 2. The van der Waals surface area contributed by atoms with Crippen LogP contribution >= 0.6 is 15.9 Å². The molecule has 0 aliphatic rings. The molecule has 28 heavy (non-hydrogen) atoms. The lowest BCUT2D eigenvalue weighted by atomic mass is 10.1. The van der Waals surface area contributed by atoms with Gasteiger partial charge in [-0.3, -0.25) is 4.79 Å². The van der Waals surface area contributed by atoms with Crippen LogP contribution in [0.25, 0.3) is 22.3 Å². The fourth-order valence-electron chi connectivity index (χ4n) is 3.04. The highest BCUT2D eigenvalue weighted by Gasteiger charge is 2.10. The third kappa shape index (κ3) is 3.87. The highest BCUT2D eigenvalue weighted by molar-refractivity contribution is 9.10. The van der Waals surface area contributed by atoms with Crippen molar-refractivity contribution in [1.82, 2.24) is 0 Å². The topological polar surface area (TPSA) is 80.3 Å². The van der Waals surface area contributed by atoms with Crippen LogP contribution in [0.4, 0.5) is 22.7 Å². The number of rotatable bonds is 4. The van der Waals surface area contributed by atoms with Crippen LogP contribution in [0.5, 0.6) is 0 Å². The Morgan fingerprint density at radius 1 is 1.00 bits per heavy atom. The van der Waals surface area contributed by atoms with E-state index in [9.17, 15) is 4.79 Å². The van der Waals surface area contributed by atoms with Gasteiger partial charge in [0.1, 0.15) is 11.3 Å². The van der Waals surface area contributed by atoms with E-state index >= 15 is 0 Å². The Morgan fingerprint density at radius 3 is 2.54 bits per heavy atom. The van der Waals surface area contributed by atoms with E-state index in [4.69, 9.17) is 10.2 Å². The molecule has 0 aliphatic carbocycles. The van der Waals surface area contributed by atoms with Gasteiger partial charge in [0.15, 0.2) is 0 Å². The highest BCUT2D eigenvalue weighted by atomic mass is 79.9. The van der Waals surface area contributed by atoms with Gasteiger partial charge in [-0.15, -0.1) is 0 Å². The number of hydrogen-bond donors (Lipinski definition) is 3. The van der Waals surface area contributed by atoms with Crippen LogP contribution in [-0.4, -0.2) is 5.91 Å². The average molecular weight is 436 g/mol. The van der Waals surface area contributed by atoms with Crippen LogP contribution in [0.3, 0.4) is 0 Å². The Morgan fingerprint density at radius 2 is 1.79 bits per heavy atom. The number of nitrogen functional groups attached to an aromatic ring is 1. The van der Waals surface area contributed by atoms with Gasteiger partial charge in [-0.1, -0.05) is 34.1 Å². The second kappa shape index (κ2) is 7.40. The molecule has 3 aromatic carbocycles. The molecule has 140 valence electrons. The summed E-state index contributed by atoms with van der Waals surface area (Å²) in [5.41, 5.74) is 10.6. The minimum atomic E-state index is -0.143. The van der Waals surface area contributed by atoms with Crippen molar-refractivity contribution in [2.45, 2.75) is 6.92 Å². The van der Waals surface area contributed by atoms with Crippen molar-refractivity contribution in [2.24, 2.45) is 0 Å². The summed E-state index contributed by atoms with van der Waals surface area (Å²) < 4.78 is 6.90. The Bertz CT molecular complexity index is 1150. The number of fused-ring (bicyclic) bond motifs is 1. The van der Waals surface area contributed by atoms with Crippen LogP contribution in [-0.2, 0) is 4.79 Å². The SMILES string of the molecule is CC(=O)Nc1cc(Nc2ccc(Br)cc2N)cc(-c2cc3ccccc3o2)c1. The van der Waals surface area contributed by atoms with Crippen LogP contribution in [0.2, 0.25) is 0 Å². The molecule has 0 spiro atoms. The van der Waals surface area contributed by atoms with E-state index in [1.54, 1.807) is 0 Å². The van der Waals surface area contributed by atoms with Crippen molar-refractivity contribution in [3.8, 4) is 11.3 Å². The van der Waals surface area contributed by atoms with Crippen molar-refractivity contribution in [3.63, 3.8) is 0 Å². The number of para-hydroxylation sites is 1. The summed E-state index contributed by atoms with van der Waals surface area (Å²) in [5, 5.41) is 7.18. The molecule has 0 aliphatic heterocycles. The summed E-state index contributed by atoms with van der Waals surface area (Å²) in [5.74, 6) is 0.580. The van der Waals surface area contributed by atoms with Gasteiger partial charge in [-0.05, 0) is 48.5 Å². The lowest BCUT2D eigenvalue weighted by Crippen LogP contribution is -2.06. The predicted octanol–water partition coefficient (Wildman–Crippen LogP) is 6.15. The van der Waals surface area contributed by atoms with Gasteiger partial charge in [-0.25, -0.2) is 0 Å². The third-order valence-corrected chi connectivity index (χ3v) is 4.75. The molecule has 0 saturated carbocycles. The zero-order valence-corrected chi connectivity index (χ0v) is 16.7. The number of anilines is 4. The monoisotopic (exact) mass is 435 g/mol. The van der Waals surface area contributed by atoms with E-state index in [0.717, 1.165) is 38.1 Å². The molecule has 0 bridgehead atoms. The van der Waals surface area contributed by atoms with Gasteiger partial charge in [-0.2, -0.15) is 0 Å². The normalized spacial score (nSPS) is 10.8. The van der Waals surface area contributed by atoms with Crippen molar-refractivity contribution >= 4 is 55.6 Å². The fourth-order valence-corrected chi connectivity index (χ4v) is 3.42. The molecule has 0 atom stereocenters. The quantitative estimate of drug-likeness (QED) is 0.336. The number of furan rings is 1. The van der Waals surface area contributed by atoms with Gasteiger partial charge < -0.3 is 20.8 Å². The first-order valence-electron chi connectivity index (χ1n) is 8.71. The summed E-state index contributed by atoms with van der Waals surface area (Å²) in [6, 6.07) is 21.2. The largest absolute Gasteiger partial charge is 0.456 e. The van der Waals surface area contributed by atoms with Crippen molar-refractivity contribution in [3.05, 3.63) is 71.2 Å². The number of benzene rings is 3. The molecular weight excluding hydrogens is 418 g/mol. The number of hydrogen-bond acceptors (Lipinski definition) is 4. The van der Waals surface area contributed by atoms with Gasteiger partial charge in [0, 0.05) is 33.7 Å². The Labute approximate surface area is 170 Å². The molecule has 0 fully saturated rings. The molecule has 4 aromatic rings. The molecule has 0 unspecified atom stereocenters. The molecular formula is C22H18BrN3O2. The summed E-state index contributed by atoms with van der Waals surface area (Å²) in [4.78, 5) is 11.6. The average Bonchev–Trinajstić information content (AvgIpc) is 3.08. The van der Waals surface area contributed by atoms with Crippen molar-refractivity contribution in [1.29, 1.82) is 0 Å². The van der Waals surface area contributed by atoms with Gasteiger partial charge in [0.05, 0.1) is 11.4 Å². The zero-order valence-electron chi connectivity index (χ0n) is 15.1. The number of halogens is 1. The Hall–Kier alpha value is -3.25. The number of nitrogens with two attached hydrogens (primary N) is 1. The predicted molar refractivity (Wildman–Crippen MR) is 118 cm³/mol. The molecule has 1 heterocycles. The maximum Gasteiger partial charge on any atom is 0.221 e. The van der Waals surface area contributed by atoms with Crippen molar-refractivity contribution < 1.29 is 9.21 Å². The lowest BCUT2D eigenvalue weighted by molar-refractivity contribution is -0.114. The zero-order chi connectivity index (χ0) is 19.7. The Kier molecular flexibility index (Phi) is 4.79. The molecule has 5 nitrogen and oxygen atoms in total. The van der Waals surface area contributed by atoms with E-state index in [0.29, 0.717) is 11.4 Å². The highest BCUT2D eigenvalue weighted by Crippen LogP contribution is 2.34. The molecule has 4 rings (SSSR count). The fraction of sp³-hybridized carbons (Fsp3) is 0.0455. The van der Waals surface area contributed by atoms with Crippen LogP contribution in [0, 0.1) is 0 Å². The van der Waals surface area contributed by atoms with Crippen LogP contribution in [0.15, 0.2) is 75.6 Å². The molecule has 6 heteroatoms. The van der Waals surface area contributed by atoms with E-state index < -0.39 is 0 Å². The van der Waals surface area contributed by atoms with E-state index in [-0.39, 0.29) is 5.91 Å². The first-order valence-corrected chi connectivity index (χ1v) is 9.51. The third-order valence-electron chi connectivity index (χ3n) is 4.26. The maximum atomic E-state index is 11.6. The van der Waals surface area contributed by atoms with Gasteiger partial charge in [0.2, 0.25) is 5.91 Å². The molecule has 0 radical (unpaired) electrons. The first-order chi connectivity index (χ1) is 13.5. The number of amides is 1. The second-order valence-electron chi connectivity index (χ2n) is 6.49. The standard InChI is InChI=1S/C22H18BrN3O2/c1-13(27)25-17-8-15(22-10-14-4-2-3-5-21(14)28-22)9-18(12-17)26-20-7-6-16(23)11-19(20)24/h2-12,26H,24H2,1H3,(H,25,27). The van der Waals surface area contributed by atoms with Gasteiger partial charge in [0.25, 0.3) is 0 Å².